The Morgan fingerprint density at radius 3 is 2.64 bits per heavy atom. The summed E-state index contributed by atoms with van der Waals surface area (Å²) in [6.45, 7) is 2.14. The first-order chi connectivity index (χ1) is 12.1. The second kappa shape index (κ2) is 6.48. The Kier molecular flexibility index (Phi) is 4.17. The van der Waals surface area contributed by atoms with Crippen molar-refractivity contribution in [3.05, 3.63) is 58.6 Å². The number of hydrogen-bond donors (Lipinski definition) is 1. The molecule has 0 aliphatic carbocycles. The first-order valence-corrected chi connectivity index (χ1v) is 9.10. The van der Waals surface area contributed by atoms with Gasteiger partial charge in [-0.2, -0.15) is 0 Å². The molecule has 0 atom stereocenters. The predicted molar refractivity (Wildman–Crippen MR) is 103 cm³/mol. The molecule has 1 saturated heterocycles. The van der Waals surface area contributed by atoms with E-state index in [2.05, 4.69) is 33.0 Å². The van der Waals surface area contributed by atoms with E-state index in [4.69, 9.17) is 4.98 Å². The number of carbonyl (C=O) groups is 1. The van der Waals surface area contributed by atoms with E-state index >= 15 is 0 Å². The van der Waals surface area contributed by atoms with Crippen LogP contribution in [0, 0.1) is 0 Å². The van der Waals surface area contributed by atoms with Gasteiger partial charge in [-0.05, 0) is 49.2 Å². The van der Waals surface area contributed by atoms with Gasteiger partial charge in [-0.25, -0.2) is 9.78 Å². The Hall–Kier alpha value is -2.40. The highest BCUT2D eigenvalue weighted by Gasteiger charge is 2.16. The van der Waals surface area contributed by atoms with Crippen molar-refractivity contribution in [2.24, 2.45) is 0 Å². The zero-order valence-electron chi connectivity index (χ0n) is 13.6. The van der Waals surface area contributed by atoms with Gasteiger partial charge in [0.25, 0.3) is 0 Å². The van der Waals surface area contributed by atoms with Crippen LogP contribution in [-0.2, 0) is 0 Å². The Morgan fingerprint density at radius 2 is 1.88 bits per heavy atom. The minimum atomic E-state index is -0.942. The molecule has 2 aromatic carbocycles. The molecule has 1 aromatic heterocycles. The normalized spacial score (nSPS) is 14.2. The quantitative estimate of drug-likeness (QED) is 0.679. The fourth-order valence-electron chi connectivity index (χ4n) is 3.36. The lowest BCUT2D eigenvalue weighted by atomic mass is 10.0. The third-order valence-corrected chi connectivity index (χ3v) is 5.11. The summed E-state index contributed by atoms with van der Waals surface area (Å²) in [4.78, 5) is 18.8. The molecule has 4 nitrogen and oxygen atoms in total. The number of hydrogen-bond acceptors (Lipinski definition) is 3. The van der Waals surface area contributed by atoms with Crippen LogP contribution in [0.2, 0.25) is 0 Å². The fourth-order valence-corrected chi connectivity index (χ4v) is 3.72. The highest BCUT2D eigenvalue weighted by molar-refractivity contribution is 9.10. The number of aromatic nitrogens is 1. The van der Waals surface area contributed by atoms with Crippen LogP contribution in [0.15, 0.2) is 53.0 Å². The van der Waals surface area contributed by atoms with Crippen molar-refractivity contribution in [3.8, 4) is 11.3 Å². The Labute approximate surface area is 154 Å². The average Bonchev–Trinajstić information content (AvgIpc) is 3.15. The molecule has 0 unspecified atom stereocenters. The number of carboxylic acids is 1. The first kappa shape index (κ1) is 16.1. The number of aromatic carboxylic acids is 1. The SMILES string of the molecule is O=C(O)c1cc(-c2cccc(N3CCCC3)c2)nc2ccc(Br)cc12. The van der Waals surface area contributed by atoms with Gasteiger partial charge in [-0.15, -0.1) is 0 Å². The van der Waals surface area contributed by atoms with Crippen LogP contribution in [-0.4, -0.2) is 29.1 Å². The molecular formula is C20H17BrN2O2. The zero-order chi connectivity index (χ0) is 17.4. The monoisotopic (exact) mass is 396 g/mol. The zero-order valence-corrected chi connectivity index (χ0v) is 15.2. The minimum Gasteiger partial charge on any atom is -0.478 e. The smallest absolute Gasteiger partial charge is 0.336 e. The van der Waals surface area contributed by atoms with Gasteiger partial charge in [0.2, 0.25) is 0 Å². The lowest BCUT2D eigenvalue weighted by Gasteiger charge is -2.18. The number of nitrogens with zero attached hydrogens (tertiary/aromatic N) is 2. The Balaban J connectivity index is 1.85. The topological polar surface area (TPSA) is 53.4 Å². The third-order valence-electron chi connectivity index (χ3n) is 4.61. The van der Waals surface area contributed by atoms with Crippen LogP contribution in [0.1, 0.15) is 23.2 Å². The average molecular weight is 397 g/mol. The van der Waals surface area contributed by atoms with Gasteiger partial charge in [0.1, 0.15) is 0 Å². The van der Waals surface area contributed by atoms with Crippen molar-refractivity contribution in [2.45, 2.75) is 12.8 Å². The van der Waals surface area contributed by atoms with Crippen LogP contribution in [0.5, 0.6) is 0 Å². The van der Waals surface area contributed by atoms with Gasteiger partial charge < -0.3 is 10.0 Å². The first-order valence-electron chi connectivity index (χ1n) is 8.31. The van der Waals surface area contributed by atoms with Crippen LogP contribution < -0.4 is 4.90 Å². The summed E-state index contributed by atoms with van der Waals surface area (Å²) in [5.74, 6) is -0.942. The van der Waals surface area contributed by atoms with E-state index in [9.17, 15) is 9.90 Å². The molecular weight excluding hydrogens is 380 g/mol. The van der Waals surface area contributed by atoms with E-state index < -0.39 is 5.97 Å². The van der Waals surface area contributed by atoms with Gasteiger partial charge in [0.05, 0.1) is 16.8 Å². The molecule has 1 aliphatic rings. The molecule has 0 radical (unpaired) electrons. The van der Waals surface area contributed by atoms with E-state index in [1.165, 1.54) is 18.5 Å². The van der Waals surface area contributed by atoms with E-state index in [1.807, 2.05) is 24.3 Å². The third kappa shape index (κ3) is 3.12. The fraction of sp³-hybridized carbons (Fsp3) is 0.200. The highest BCUT2D eigenvalue weighted by atomic mass is 79.9. The van der Waals surface area contributed by atoms with Gasteiger partial charge in [0.15, 0.2) is 0 Å². The van der Waals surface area contributed by atoms with Crippen molar-refractivity contribution in [1.29, 1.82) is 0 Å². The van der Waals surface area contributed by atoms with E-state index in [-0.39, 0.29) is 5.56 Å². The second-order valence-electron chi connectivity index (χ2n) is 6.27. The Morgan fingerprint density at radius 1 is 1.08 bits per heavy atom. The maximum Gasteiger partial charge on any atom is 0.336 e. The number of halogens is 1. The molecule has 4 rings (SSSR count). The molecule has 0 amide bonds. The molecule has 3 aromatic rings. The van der Waals surface area contributed by atoms with Crippen molar-refractivity contribution < 1.29 is 9.90 Å². The summed E-state index contributed by atoms with van der Waals surface area (Å²) in [6.07, 6.45) is 2.44. The predicted octanol–water partition coefficient (Wildman–Crippen LogP) is 4.96. The molecule has 1 aliphatic heterocycles. The van der Waals surface area contributed by atoms with Crippen LogP contribution in [0.3, 0.4) is 0 Å². The number of rotatable bonds is 3. The van der Waals surface area contributed by atoms with Gasteiger partial charge in [-0.1, -0.05) is 28.1 Å². The molecule has 1 fully saturated rings. The number of benzene rings is 2. The van der Waals surface area contributed by atoms with E-state index in [0.717, 1.165) is 23.1 Å². The van der Waals surface area contributed by atoms with Crippen molar-refractivity contribution in [1.82, 2.24) is 4.98 Å². The van der Waals surface area contributed by atoms with E-state index in [0.29, 0.717) is 16.6 Å². The lowest BCUT2D eigenvalue weighted by Crippen LogP contribution is -2.17. The maximum atomic E-state index is 11.7. The summed E-state index contributed by atoms with van der Waals surface area (Å²) in [5.41, 5.74) is 3.76. The van der Waals surface area contributed by atoms with E-state index in [1.54, 1.807) is 12.1 Å². The Bertz CT molecular complexity index is 965. The summed E-state index contributed by atoms with van der Waals surface area (Å²) in [5, 5.41) is 10.3. The molecule has 25 heavy (non-hydrogen) atoms. The second-order valence-corrected chi connectivity index (χ2v) is 7.18. The number of fused-ring (bicyclic) bond motifs is 1. The van der Waals surface area contributed by atoms with Crippen LogP contribution in [0.25, 0.3) is 22.2 Å². The van der Waals surface area contributed by atoms with Crippen molar-refractivity contribution in [3.63, 3.8) is 0 Å². The molecule has 0 saturated carbocycles. The summed E-state index contributed by atoms with van der Waals surface area (Å²) >= 11 is 3.40. The maximum absolute atomic E-state index is 11.7. The van der Waals surface area contributed by atoms with Crippen molar-refractivity contribution >= 4 is 38.5 Å². The number of carboxylic acid groups (broad SMARTS) is 1. The number of anilines is 1. The molecule has 2 heterocycles. The van der Waals surface area contributed by atoms with Gasteiger partial charge in [-0.3, -0.25) is 0 Å². The highest BCUT2D eigenvalue weighted by Crippen LogP contribution is 2.30. The number of pyridine rings is 1. The van der Waals surface area contributed by atoms with Crippen LogP contribution >= 0.6 is 15.9 Å². The summed E-state index contributed by atoms with van der Waals surface area (Å²) in [7, 11) is 0. The standard InChI is InChI=1S/C20H17BrN2O2/c21-14-6-7-18-16(11-14)17(20(24)25)12-19(22-18)13-4-3-5-15(10-13)23-8-1-2-9-23/h3-7,10-12H,1-2,8-9H2,(H,24,25). The van der Waals surface area contributed by atoms with Crippen LogP contribution in [0.4, 0.5) is 5.69 Å². The lowest BCUT2D eigenvalue weighted by molar-refractivity contribution is 0.0699. The van der Waals surface area contributed by atoms with Crippen molar-refractivity contribution in [2.75, 3.05) is 18.0 Å². The summed E-state index contributed by atoms with van der Waals surface area (Å²) < 4.78 is 0.841. The molecule has 126 valence electrons. The van der Waals surface area contributed by atoms with Gasteiger partial charge in [0, 0.05) is 34.2 Å². The minimum absolute atomic E-state index is 0.271. The largest absolute Gasteiger partial charge is 0.478 e. The molecule has 1 N–H and O–H groups in total. The molecule has 0 spiro atoms. The molecule has 5 heteroatoms. The van der Waals surface area contributed by atoms with Gasteiger partial charge >= 0.3 is 5.97 Å². The molecule has 0 bridgehead atoms. The summed E-state index contributed by atoms with van der Waals surface area (Å²) in [6, 6.07) is 15.4.